The topological polar surface area (TPSA) is 49.3 Å². The van der Waals surface area contributed by atoms with Crippen LogP contribution in [-0.2, 0) is 18.4 Å². The molecule has 0 fully saturated rings. The van der Waals surface area contributed by atoms with Crippen LogP contribution in [0.4, 0.5) is 0 Å². The van der Waals surface area contributed by atoms with Crippen LogP contribution < -0.4 is 10.6 Å². The summed E-state index contributed by atoms with van der Waals surface area (Å²) in [5.74, 6) is 0.820. The van der Waals surface area contributed by atoms with Crippen LogP contribution in [0.3, 0.4) is 0 Å². The number of aryl methyl sites for hydroxylation is 2. The van der Waals surface area contributed by atoms with E-state index in [1.54, 1.807) is 18.4 Å². The van der Waals surface area contributed by atoms with Gasteiger partial charge in [0.2, 0.25) is 0 Å². The predicted molar refractivity (Wildman–Crippen MR) is 104 cm³/mol. The molecule has 0 saturated heterocycles. The van der Waals surface area contributed by atoms with Gasteiger partial charge in [-0.2, -0.15) is 0 Å². The Kier molecular flexibility index (Phi) is 6.37. The minimum atomic E-state index is 0.0320. The van der Waals surface area contributed by atoms with Gasteiger partial charge in [-0.15, -0.1) is 11.3 Å². The van der Waals surface area contributed by atoms with Crippen molar-refractivity contribution in [1.29, 1.82) is 0 Å². The lowest BCUT2D eigenvalue weighted by molar-refractivity contribution is 0.508. The third kappa shape index (κ3) is 4.81. The Morgan fingerprint density at radius 1 is 1.21 bits per heavy atom. The Morgan fingerprint density at radius 3 is 2.46 bits per heavy atom. The molecule has 0 aliphatic carbocycles. The van der Waals surface area contributed by atoms with Gasteiger partial charge >= 0.3 is 0 Å². The van der Waals surface area contributed by atoms with E-state index in [2.05, 4.69) is 65.6 Å². The first-order valence-electron chi connectivity index (χ1n) is 8.39. The van der Waals surface area contributed by atoms with Crippen molar-refractivity contribution in [2.45, 2.75) is 46.1 Å². The molecule has 1 heterocycles. The number of aromatic nitrogens is 1. The molecule has 0 atom stereocenters. The summed E-state index contributed by atoms with van der Waals surface area (Å²) in [7, 11) is 1.80. The second kappa shape index (κ2) is 8.29. The molecule has 4 nitrogen and oxygen atoms in total. The van der Waals surface area contributed by atoms with Crippen LogP contribution in [-0.4, -0.2) is 24.5 Å². The van der Waals surface area contributed by atoms with E-state index in [-0.39, 0.29) is 5.41 Å². The van der Waals surface area contributed by atoms with Crippen LogP contribution in [0.25, 0.3) is 0 Å². The zero-order chi connectivity index (χ0) is 17.6. The lowest BCUT2D eigenvalue weighted by atomic mass is 9.84. The first kappa shape index (κ1) is 18.5. The van der Waals surface area contributed by atoms with E-state index in [4.69, 9.17) is 0 Å². The standard InChI is InChI=1S/C19H28N4S/c1-6-15-7-9-16(10-8-15)19(3,4)12-22-18(20-5)21-11-17-14(2)23-13-24-17/h7-10,13H,6,11-12H2,1-5H3,(H2,20,21,22). The smallest absolute Gasteiger partial charge is 0.191 e. The molecule has 24 heavy (non-hydrogen) atoms. The third-order valence-electron chi connectivity index (χ3n) is 4.33. The highest BCUT2D eigenvalue weighted by Crippen LogP contribution is 2.22. The van der Waals surface area contributed by atoms with Crippen molar-refractivity contribution in [2.75, 3.05) is 13.6 Å². The van der Waals surface area contributed by atoms with E-state index in [1.165, 1.54) is 16.0 Å². The lowest BCUT2D eigenvalue weighted by Gasteiger charge is -2.27. The molecule has 1 aromatic heterocycles. The molecule has 1 aromatic carbocycles. The molecule has 2 aromatic rings. The summed E-state index contributed by atoms with van der Waals surface area (Å²) in [6.07, 6.45) is 1.08. The molecule has 0 aliphatic heterocycles. The first-order valence-corrected chi connectivity index (χ1v) is 9.27. The Labute approximate surface area is 149 Å². The van der Waals surface area contributed by atoms with Gasteiger partial charge in [-0.25, -0.2) is 4.98 Å². The molecule has 2 N–H and O–H groups in total. The van der Waals surface area contributed by atoms with Crippen LogP contribution in [0.15, 0.2) is 34.8 Å². The molecule has 0 spiro atoms. The van der Waals surface area contributed by atoms with Crippen LogP contribution in [0, 0.1) is 6.92 Å². The van der Waals surface area contributed by atoms with Gasteiger partial charge in [0, 0.05) is 23.9 Å². The van der Waals surface area contributed by atoms with Gasteiger partial charge in [0.05, 0.1) is 17.7 Å². The zero-order valence-electron chi connectivity index (χ0n) is 15.3. The first-order chi connectivity index (χ1) is 11.5. The quantitative estimate of drug-likeness (QED) is 0.621. The minimum Gasteiger partial charge on any atom is -0.356 e. The maximum atomic E-state index is 4.32. The summed E-state index contributed by atoms with van der Waals surface area (Å²) >= 11 is 1.67. The summed E-state index contributed by atoms with van der Waals surface area (Å²) in [5, 5.41) is 6.81. The van der Waals surface area contributed by atoms with Crippen LogP contribution >= 0.6 is 11.3 Å². The highest BCUT2D eigenvalue weighted by atomic mass is 32.1. The van der Waals surface area contributed by atoms with E-state index in [1.807, 2.05) is 12.4 Å². The van der Waals surface area contributed by atoms with E-state index in [0.29, 0.717) is 0 Å². The van der Waals surface area contributed by atoms with Gasteiger partial charge in [0.25, 0.3) is 0 Å². The van der Waals surface area contributed by atoms with Crippen molar-refractivity contribution in [1.82, 2.24) is 15.6 Å². The fourth-order valence-electron chi connectivity index (χ4n) is 2.48. The normalized spacial score (nSPS) is 12.3. The van der Waals surface area contributed by atoms with E-state index in [0.717, 1.165) is 31.2 Å². The number of hydrogen-bond acceptors (Lipinski definition) is 3. The molecule has 0 amide bonds. The minimum absolute atomic E-state index is 0.0320. The molecule has 130 valence electrons. The average Bonchev–Trinajstić information content (AvgIpc) is 3.00. The fourth-order valence-corrected chi connectivity index (χ4v) is 3.20. The fraction of sp³-hybridized carbons (Fsp3) is 0.474. The maximum absolute atomic E-state index is 4.32. The van der Waals surface area contributed by atoms with Crippen molar-refractivity contribution in [3.63, 3.8) is 0 Å². The number of nitrogens with one attached hydrogen (secondary N) is 2. The SMILES string of the molecule is CCc1ccc(C(C)(C)CNC(=NC)NCc2scnc2C)cc1. The van der Waals surface area contributed by atoms with Crippen LogP contribution in [0.2, 0.25) is 0 Å². The van der Waals surface area contributed by atoms with E-state index in [9.17, 15) is 0 Å². The van der Waals surface area contributed by atoms with Crippen molar-refractivity contribution >= 4 is 17.3 Å². The molecule has 5 heteroatoms. The summed E-state index contributed by atoms with van der Waals surface area (Å²) in [6, 6.07) is 8.90. The highest BCUT2D eigenvalue weighted by molar-refractivity contribution is 7.09. The van der Waals surface area contributed by atoms with Crippen LogP contribution in [0.5, 0.6) is 0 Å². The summed E-state index contributed by atoms with van der Waals surface area (Å²) < 4.78 is 0. The molecule has 0 radical (unpaired) electrons. The van der Waals surface area contributed by atoms with Crippen molar-refractivity contribution in [2.24, 2.45) is 4.99 Å². The molecule has 0 saturated carbocycles. The molecular weight excluding hydrogens is 316 g/mol. The van der Waals surface area contributed by atoms with Gasteiger partial charge in [-0.3, -0.25) is 4.99 Å². The second-order valence-electron chi connectivity index (χ2n) is 6.57. The van der Waals surface area contributed by atoms with E-state index < -0.39 is 0 Å². The average molecular weight is 345 g/mol. The van der Waals surface area contributed by atoms with Crippen molar-refractivity contribution < 1.29 is 0 Å². The third-order valence-corrected chi connectivity index (χ3v) is 5.26. The Bertz CT molecular complexity index is 671. The second-order valence-corrected chi connectivity index (χ2v) is 7.51. The van der Waals surface area contributed by atoms with Crippen LogP contribution in [0.1, 0.15) is 42.5 Å². The largest absolute Gasteiger partial charge is 0.356 e. The molecule has 0 aliphatic rings. The Balaban J connectivity index is 1.92. The molecule has 0 bridgehead atoms. The number of thiazole rings is 1. The molecule has 2 rings (SSSR count). The number of benzene rings is 1. The summed E-state index contributed by atoms with van der Waals surface area (Å²) in [5.41, 5.74) is 5.70. The summed E-state index contributed by atoms with van der Waals surface area (Å²) in [4.78, 5) is 9.84. The molecular formula is C19H28N4S. The number of nitrogens with zero attached hydrogens (tertiary/aromatic N) is 2. The van der Waals surface area contributed by atoms with Gasteiger partial charge < -0.3 is 10.6 Å². The van der Waals surface area contributed by atoms with Crippen molar-refractivity contribution in [3.8, 4) is 0 Å². The zero-order valence-corrected chi connectivity index (χ0v) is 16.1. The van der Waals surface area contributed by atoms with Gasteiger partial charge in [-0.1, -0.05) is 45.0 Å². The van der Waals surface area contributed by atoms with Gasteiger partial charge in [0.1, 0.15) is 0 Å². The predicted octanol–water partition coefficient (Wildman–Crippen LogP) is 3.66. The Morgan fingerprint density at radius 2 is 1.92 bits per heavy atom. The summed E-state index contributed by atoms with van der Waals surface area (Å²) in [6.45, 7) is 10.3. The number of aliphatic imine (C=N–C) groups is 1. The van der Waals surface area contributed by atoms with Gasteiger partial charge in [0.15, 0.2) is 5.96 Å². The maximum Gasteiger partial charge on any atom is 0.191 e. The van der Waals surface area contributed by atoms with Gasteiger partial charge in [-0.05, 0) is 24.5 Å². The Hall–Kier alpha value is -1.88. The lowest BCUT2D eigenvalue weighted by Crippen LogP contribution is -2.43. The number of hydrogen-bond donors (Lipinski definition) is 2. The monoisotopic (exact) mass is 344 g/mol. The van der Waals surface area contributed by atoms with E-state index >= 15 is 0 Å². The highest BCUT2D eigenvalue weighted by Gasteiger charge is 2.20. The van der Waals surface area contributed by atoms with Crippen molar-refractivity contribution in [3.05, 3.63) is 51.5 Å². The number of guanidine groups is 1. The number of rotatable bonds is 6. The molecule has 0 unspecified atom stereocenters.